The highest BCUT2D eigenvalue weighted by Crippen LogP contribution is 2.35. The van der Waals surface area contributed by atoms with Gasteiger partial charge in [0.25, 0.3) is 5.89 Å². The third-order valence-corrected chi connectivity index (χ3v) is 4.47. The summed E-state index contributed by atoms with van der Waals surface area (Å²) in [5, 5.41) is 5.94. The van der Waals surface area contributed by atoms with Gasteiger partial charge in [-0.1, -0.05) is 27.2 Å². The molecule has 3 rings (SSSR count). The highest BCUT2D eigenvalue weighted by Gasteiger charge is 2.15. The summed E-state index contributed by atoms with van der Waals surface area (Å²) in [5.74, 6) is 0.975. The van der Waals surface area contributed by atoms with Crippen LogP contribution in [0.3, 0.4) is 0 Å². The minimum atomic E-state index is 0.405. The molecule has 0 radical (unpaired) electrons. The second-order valence-electron chi connectivity index (χ2n) is 3.75. The zero-order valence-electron chi connectivity index (χ0n) is 9.43. The molecule has 0 fully saturated rings. The summed E-state index contributed by atoms with van der Waals surface area (Å²) in [7, 11) is 0. The molecule has 0 aliphatic rings. The zero-order chi connectivity index (χ0) is 13.4. The Kier molecular flexibility index (Phi) is 3.42. The van der Waals surface area contributed by atoms with E-state index in [1.165, 1.54) is 0 Å². The van der Waals surface area contributed by atoms with E-state index in [-0.39, 0.29) is 0 Å². The standard InChI is InChI=1S/C12H7Br2N3OS/c13-6-4-7(10(15)8(14)5-6)12-16-11(17-18-12)9-2-1-3-19-9/h1-5H,15H2. The number of thiophene rings is 1. The first kappa shape index (κ1) is 12.8. The average Bonchev–Trinajstić information content (AvgIpc) is 3.03. The molecule has 0 spiro atoms. The third-order valence-electron chi connectivity index (χ3n) is 2.49. The Hall–Kier alpha value is -1.18. The van der Waals surface area contributed by atoms with E-state index in [1.54, 1.807) is 11.3 Å². The van der Waals surface area contributed by atoms with Gasteiger partial charge in [-0.25, -0.2) is 0 Å². The normalized spacial score (nSPS) is 10.8. The maximum atomic E-state index is 6.02. The molecule has 2 heterocycles. The number of rotatable bonds is 2. The molecule has 4 nitrogen and oxygen atoms in total. The van der Waals surface area contributed by atoms with E-state index in [0.717, 1.165) is 13.8 Å². The monoisotopic (exact) mass is 399 g/mol. The molecule has 2 N–H and O–H groups in total. The van der Waals surface area contributed by atoms with Crippen LogP contribution in [0.4, 0.5) is 5.69 Å². The van der Waals surface area contributed by atoms with Crippen molar-refractivity contribution < 1.29 is 4.52 Å². The molecule has 19 heavy (non-hydrogen) atoms. The Morgan fingerprint density at radius 2 is 2.11 bits per heavy atom. The van der Waals surface area contributed by atoms with Crippen LogP contribution in [-0.2, 0) is 0 Å². The first-order valence-electron chi connectivity index (χ1n) is 5.27. The maximum absolute atomic E-state index is 6.02. The minimum Gasteiger partial charge on any atom is -0.397 e. The molecule has 0 saturated heterocycles. The van der Waals surface area contributed by atoms with E-state index in [9.17, 15) is 0 Å². The van der Waals surface area contributed by atoms with Crippen LogP contribution >= 0.6 is 43.2 Å². The van der Waals surface area contributed by atoms with Gasteiger partial charge in [-0.3, -0.25) is 0 Å². The van der Waals surface area contributed by atoms with Crippen molar-refractivity contribution in [1.82, 2.24) is 10.1 Å². The van der Waals surface area contributed by atoms with E-state index in [2.05, 4.69) is 42.0 Å². The fraction of sp³-hybridized carbons (Fsp3) is 0. The number of hydrogen-bond donors (Lipinski definition) is 1. The molecule has 3 aromatic rings. The van der Waals surface area contributed by atoms with Gasteiger partial charge in [0.15, 0.2) is 0 Å². The Labute approximate surface area is 129 Å². The Bertz CT molecular complexity index is 725. The van der Waals surface area contributed by atoms with Crippen LogP contribution in [0.25, 0.3) is 22.2 Å². The molecule has 0 atom stereocenters. The molecule has 1 aromatic carbocycles. The Balaban J connectivity index is 2.09. The van der Waals surface area contributed by atoms with E-state index >= 15 is 0 Å². The summed E-state index contributed by atoms with van der Waals surface area (Å²) in [6.45, 7) is 0. The SMILES string of the molecule is Nc1c(Br)cc(Br)cc1-c1nc(-c2cccs2)no1. The van der Waals surface area contributed by atoms with Gasteiger partial charge in [-0.05, 0) is 39.5 Å². The maximum Gasteiger partial charge on any atom is 0.260 e. The topological polar surface area (TPSA) is 64.9 Å². The average molecular weight is 401 g/mol. The van der Waals surface area contributed by atoms with Crippen molar-refractivity contribution in [1.29, 1.82) is 0 Å². The molecule has 0 unspecified atom stereocenters. The number of hydrogen-bond acceptors (Lipinski definition) is 5. The molecule has 2 aromatic heterocycles. The molecular weight excluding hydrogens is 394 g/mol. The molecule has 96 valence electrons. The van der Waals surface area contributed by atoms with Crippen molar-refractivity contribution in [2.75, 3.05) is 5.73 Å². The fourth-order valence-electron chi connectivity index (χ4n) is 1.60. The summed E-state index contributed by atoms with van der Waals surface area (Å²) in [4.78, 5) is 5.34. The number of nitrogens with zero attached hydrogens (tertiary/aromatic N) is 2. The summed E-state index contributed by atoms with van der Waals surface area (Å²) < 4.78 is 6.96. The number of nitrogens with two attached hydrogens (primary N) is 1. The van der Waals surface area contributed by atoms with Gasteiger partial charge in [0.2, 0.25) is 5.82 Å². The van der Waals surface area contributed by atoms with Crippen LogP contribution in [0, 0.1) is 0 Å². The summed E-state index contributed by atoms with van der Waals surface area (Å²) in [6, 6.07) is 7.61. The Morgan fingerprint density at radius 1 is 1.26 bits per heavy atom. The van der Waals surface area contributed by atoms with Gasteiger partial charge in [-0.2, -0.15) is 4.98 Å². The van der Waals surface area contributed by atoms with Crippen molar-refractivity contribution in [2.45, 2.75) is 0 Å². The van der Waals surface area contributed by atoms with E-state index in [4.69, 9.17) is 10.3 Å². The van der Waals surface area contributed by atoms with Crippen molar-refractivity contribution in [2.24, 2.45) is 0 Å². The van der Waals surface area contributed by atoms with Crippen LogP contribution in [-0.4, -0.2) is 10.1 Å². The number of anilines is 1. The van der Waals surface area contributed by atoms with Crippen LogP contribution in [0.2, 0.25) is 0 Å². The van der Waals surface area contributed by atoms with Crippen LogP contribution in [0.5, 0.6) is 0 Å². The second kappa shape index (κ2) is 5.07. The molecule has 0 bridgehead atoms. The molecular formula is C12H7Br2N3OS. The minimum absolute atomic E-state index is 0.405. The quantitative estimate of drug-likeness (QED) is 0.639. The fourth-order valence-corrected chi connectivity index (χ4v) is 3.47. The number of nitrogen functional groups attached to an aromatic ring is 1. The smallest absolute Gasteiger partial charge is 0.260 e. The summed E-state index contributed by atoms with van der Waals surface area (Å²) >= 11 is 8.37. The molecule has 7 heteroatoms. The van der Waals surface area contributed by atoms with Gasteiger partial charge in [0.1, 0.15) is 0 Å². The van der Waals surface area contributed by atoms with Crippen molar-refractivity contribution in [3.8, 4) is 22.2 Å². The highest BCUT2D eigenvalue weighted by molar-refractivity contribution is 9.11. The van der Waals surface area contributed by atoms with Crippen LogP contribution in [0.15, 0.2) is 43.1 Å². The zero-order valence-corrected chi connectivity index (χ0v) is 13.4. The van der Waals surface area contributed by atoms with Gasteiger partial charge in [0.05, 0.1) is 16.1 Å². The highest BCUT2D eigenvalue weighted by atomic mass is 79.9. The van der Waals surface area contributed by atoms with Gasteiger partial charge in [-0.15, -0.1) is 11.3 Å². The van der Waals surface area contributed by atoms with Gasteiger partial charge in [0, 0.05) is 8.95 Å². The second-order valence-corrected chi connectivity index (χ2v) is 6.47. The van der Waals surface area contributed by atoms with E-state index in [1.807, 2.05) is 29.6 Å². The van der Waals surface area contributed by atoms with Gasteiger partial charge < -0.3 is 10.3 Å². The molecule has 0 aliphatic heterocycles. The largest absolute Gasteiger partial charge is 0.397 e. The first-order valence-corrected chi connectivity index (χ1v) is 7.74. The lowest BCUT2D eigenvalue weighted by Crippen LogP contribution is -1.92. The summed E-state index contributed by atoms with van der Waals surface area (Å²) in [5.41, 5.74) is 7.30. The van der Waals surface area contributed by atoms with Crippen molar-refractivity contribution >= 4 is 48.9 Å². The van der Waals surface area contributed by atoms with Crippen molar-refractivity contribution in [3.63, 3.8) is 0 Å². The summed E-state index contributed by atoms with van der Waals surface area (Å²) in [6.07, 6.45) is 0. The lowest BCUT2D eigenvalue weighted by molar-refractivity contribution is 0.432. The molecule has 0 aliphatic carbocycles. The van der Waals surface area contributed by atoms with Crippen LogP contribution < -0.4 is 5.73 Å². The van der Waals surface area contributed by atoms with Gasteiger partial charge >= 0.3 is 0 Å². The lowest BCUT2D eigenvalue weighted by Gasteiger charge is -2.04. The third kappa shape index (κ3) is 2.45. The Morgan fingerprint density at radius 3 is 2.84 bits per heavy atom. The van der Waals surface area contributed by atoms with Crippen LogP contribution in [0.1, 0.15) is 0 Å². The number of halogens is 2. The lowest BCUT2D eigenvalue weighted by atomic mass is 10.2. The van der Waals surface area contributed by atoms with E-state index in [0.29, 0.717) is 23.0 Å². The predicted molar refractivity (Wildman–Crippen MR) is 82.9 cm³/mol. The number of benzene rings is 1. The molecule has 0 saturated carbocycles. The first-order chi connectivity index (χ1) is 9.15. The predicted octanol–water partition coefficient (Wildman–Crippen LogP) is 4.57. The van der Waals surface area contributed by atoms with Crippen molar-refractivity contribution in [3.05, 3.63) is 38.6 Å². The number of aromatic nitrogens is 2. The molecule has 0 amide bonds. The van der Waals surface area contributed by atoms with E-state index < -0.39 is 0 Å².